The van der Waals surface area contributed by atoms with Crippen LogP contribution >= 0.6 is 16.4 Å². The summed E-state index contributed by atoms with van der Waals surface area (Å²) in [6, 6.07) is 0. The first-order chi connectivity index (χ1) is 8.55. The SMILES string of the molecule is O=P(O)(OC1CCCC1)OP(O)OC1CCCC1. The smallest absolute Gasteiger partial charge is 0.328 e. The van der Waals surface area contributed by atoms with E-state index in [9.17, 15) is 14.4 Å². The number of phosphoric acid groups is 1. The number of rotatable bonds is 6. The Balaban J connectivity index is 1.73. The Morgan fingerprint density at radius 1 is 1.00 bits per heavy atom. The summed E-state index contributed by atoms with van der Waals surface area (Å²) in [5.41, 5.74) is 0. The van der Waals surface area contributed by atoms with Crippen molar-refractivity contribution in [1.82, 2.24) is 0 Å². The van der Waals surface area contributed by atoms with Crippen LogP contribution in [-0.4, -0.2) is 22.0 Å². The van der Waals surface area contributed by atoms with Gasteiger partial charge >= 0.3 is 16.4 Å². The van der Waals surface area contributed by atoms with Crippen molar-refractivity contribution in [2.24, 2.45) is 0 Å². The van der Waals surface area contributed by atoms with Crippen LogP contribution in [0.15, 0.2) is 0 Å². The zero-order valence-corrected chi connectivity index (χ0v) is 12.0. The predicted octanol–water partition coefficient (Wildman–Crippen LogP) is 3.24. The van der Waals surface area contributed by atoms with Gasteiger partial charge in [0.2, 0.25) is 0 Å². The molecular weight excluding hydrogens is 278 g/mol. The highest BCUT2D eigenvalue weighted by Crippen LogP contribution is 2.58. The van der Waals surface area contributed by atoms with E-state index in [0.29, 0.717) is 0 Å². The van der Waals surface area contributed by atoms with Crippen molar-refractivity contribution in [3.05, 3.63) is 0 Å². The van der Waals surface area contributed by atoms with Gasteiger partial charge in [0.1, 0.15) is 0 Å². The Morgan fingerprint density at radius 2 is 1.50 bits per heavy atom. The first-order valence-electron chi connectivity index (χ1n) is 6.42. The molecule has 0 aromatic rings. The van der Waals surface area contributed by atoms with Crippen molar-refractivity contribution >= 4 is 16.4 Å². The Bertz CT molecular complexity index is 301. The third-order valence-electron chi connectivity index (χ3n) is 3.30. The molecule has 2 atom stereocenters. The van der Waals surface area contributed by atoms with Gasteiger partial charge in [0, 0.05) is 0 Å². The molecule has 0 aliphatic heterocycles. The zero-order valence-electron chi connectivity index (χ0n) is 10.2. The van der Waals surface area contributed by atoms with Crippen LogP contribution in [0.25, 0.3) is 0 Å². The van der Waals surface area contributed by atoms with E-state index in [1.165, 1.54) is 0 Å². The molecular formula is C10H20O6P2. The van der Waals surface area contributed by atoms with Gasteiger partial charge in [-0.2, -0.15) is 0 Å². The molecule has 2 aliphatic carbocycles. The maximum absolute atomic E-state index is 11.6. The normalized spacial score (nSPS) is 27.4. The molecule has 0 heterocycles. The first kappa shape index (κ1) is 14.9. The second-order valence-corrected chi connectivity index (χ2v) is 7.30. The summed E-state index contributed by atoms with van der Waals surface area (Å²) >= 11 is 0. The summed E-state index contributed by atoms with van der Waals surface area (Å²) in [5.74, 6) is 0. The number of phosphoric ester groups is 1. The van der Waals surface area contributed by atoms with Crippen LogP contribution in [0.3, 0.4) is 0 Å². The van der Waals surface area contributed by atoms with Gasteiger partial charge in [-0.15, -0.1) is 0 Å². The van der Waals surface area contributed by atoms with E-state index in [1.54, 1.807) is 0 Å². The van der Waals surface area contributed by atoms with Crippen LogP contribution in [0.2, 0.25) is 0 Å². The average molecular weight is 298 g/mol. The van der Waals surface area contributed by atoms with E-state index in [-0.39, 0.29) is 12.2 Å². The Labute approximate surface area is 108 Å². The fraction of sp³-hybridized carbons (Fsp3) is 1.00. The minimum atomic E-state index is -4.20. The van der Waals surface area contributed by atoms with Crippen LogP contribution in [0, 0.1) is 0 Å². The molecule has 0 amide bonds. The quantitative estimate of drug-likeness (QED) is 0.732. The summed E-state index contributed by atoms with van der Waals surface area (Å²) < 4.78 is 26.5. The lowest BCUT2D eigenvalue weighted by Crippen LogP contribution is -2.08. The second-order valence-electron chi connectivity index (χ2n) is 4.81. The van der Waals surface area contributed by atoms with Crippen molar-refractivity contribution in [3.8, 4) is 0 Å². The molecule has 6 nitrogen and oxygen atoms in total. The Kier molecular flexibility index (Phi) is 5.58. The van der Waals surface area contributed by atoms with Crippen molar-refractivity contribution in [3.63, 3.8) is 0 Å². The monoisotopic (exact) mass is 298 g/mol. The summed E-state index contributed by atoms with van der Waals surface area (Å²) in [6.45, 7) is 0. The third kappa shape index (κ3) is 4.86. The number of hydrogen-bond donors (Lipinski definition) is 2. The molecule has 0 saturated heterocycles. The van der Waals surface area contributed by atoms with Gasteiger partial charge in [0.25, 0.3) is 0 Å². The molecule has 106 valence electrons. The van der Waals surface area contributed by atoms with Gasteiger partial charge in [-0.3, -0.25) is 4.52 Å². The van der Waals surface area contributed by atoms with Crippen LogP contribution in [0.1, 0.15) is 51.4 Å². The van der Waals surface area contributed by atoms with Crippen LogP contribution in [-0.2, 0) is 17.9 Å². The van der Waals surface area contributed by atoms with Gasteiger partial charge in [-0.25, -0.2) is 8.88 Å². The van der Waals surface area contributed by atoms with Gasteiger partial charge in [0.15, 0.2) is 0 Å². The van der Waals surface area contributed by atoms with Crippen molar-refractivity contribution in [1.29, 1.82) is 0 Å². The fourth-order valence-electron chi connectivity index (χ4n) is 2.43. The second kappa shape index (κ2) is 6.76. The van der Waals surface area contributed by atoms with Crippen LogP contribution in [0.4, 0.5) is 0 Å². The lowest BCUT2D eigenvalue weighted by atomic mass is 10.3. The zero-order chi connectivity index (χ0) is 13.0. The standard InChI is InChI=1S/C10H20O6P2/c11-17(14-9-5-1-2-6-9)16-18(12,13)15-10-7-3-4-8-10/h9-11H,1-8H2,(H,12,13). The van der Waals surface area contributed by atoms with Crippen molar-refractivity contribution < 1.29 is 27.7 Å². The van der Waals surface area contributed by atoms with Crippen LogP contribution in [0.5, 0.6) is 0 Å². The highest BCUT2D eigenvalue weighted by molar-refractivity contribution is 7.58. The lowest BCUT2D eigenvalue weighted by molar-refractivity contribution is 0.123. The molecule has 0 radical (unpaired) electrons. The molecule has 18 heavy (non-hydrogen) atoms. The molecule has 2 saturated carbocycles. The molecule has 2 rings (SSSR count). The first-order valence-corrected chi connectivity index (χ1v) is 9.04. The summed E-state index contributed by atoms with van der Waals surface area (Å²) in [7, 11) is -6.54. The lowest BCUT2D eigenvalue weighted by Gasteiger charge is -2.20. The number of hydrogen-bond acceptors (Lipinski definition) is 5. The van der Waals surface area contributed by atoms with Gasteiger partial charge in [-0.1, -0.05) is 25.7 Å². The van der Waals surface area contributed by atoms with E-state index in [4.69, 9.17) is 9.05 Å². The van der Waals surface area contributed by atoms with E-state index < -0.39 is 16.4 Å². The fourth-order valence-corrected chi connectivity index (χ4v) is 4.50. The van der Waals surface area contributed by atoms with Gasteiger partial charge < -0.3 is 14.3 Å². The average Bonchev–Trinajstić information content (AvgIpc) is 2.88. The van der Waals surface area contributed by atoms with E-state index in [1.807, 2.05) is 0 Å². The third-order valence-corrected chi connectivity index (χ3v) is 5.73. The molecule has 0 bridgehead atoms. The summed E-state index contributed by atoms with van der Waals surface area (Å²) in [4.78, 5) is 19.0. The van der Waals surface area contributed by atoms with E-state index in [2.05, 4.69) is 4.31 Å². The van der Waals surface area contributed by atoms with Crippen molar-refractivity contribution in [2.45, 2.75) is 63.6 Å². The topological polar surface area (TPSA) is 85.2 Å². The summed E-state index contributed by atoms with van der Waals surface area (Å²) in [5, 5.41) is 0. The molecule has 2 aliphatic rings. The molecule has 0 spiro atoms. The maximum atomic E-state index is 11.6. The molecule has 0 aromatic heterocycles. The largest absolute Gasteiger partial charge is 0.479 e. The van der Waals surface area contributed by atoms with Crippen LogP contribution < -0.4 is 0 Å². The molecule has 2 unspecified atom stereocenters. The molecule has 0 aromatic carbocycles. The molecule has 2 fully saturated rings. The maximum Gasteiger partial charge on any atom is 0.479 e. The highest BCUT2D eigenvalue weighted by Gasteiger charge is 2.33. The Hall–Kier alpha value is 0.460. The minimum Gasteiger partial charge on any atom is -0.328 e. The summed E-state index contributed by atoms with van der Waals surface area (Å²) in [6.07, 6.45) is 7.06. The Morgan fingerprint density at radius 3 is 2.06 bits per heavy atom. The van der Waals surface area contributed by atoms with E-state index in [0.717, 1.165) is 51.4 Å². The van der Waals surface area contributed by atoms with Crippen molar-refractivity contribution in [2.75, 3.05) is 0 Å². The van der Waals surface area contributed by atoms with E-state index >= 15 is 0 Å². The van der Waals surface area contributed by atoms with Gasteiger partial charge in [0.05, 0.1) is 12.2 Å². The predicted molar refractivity (Wildman–Crippen MR) is 66.7 cm³/mol. The molecule has 2 N–H and O–H groups in total. The molecule has 8 heteroatoms. The van der Waals surface area contributed by atoms with Gasteiger partial charge in [-0.05, 0) is 25.7 Å². The highest BCUT2D eigenvalue weighted by atomic mass is 31.3. The minimum absolute atomic E-state index is 0.0624.